The minimum atomic E-state index is 0.618. The van der Waals surface area contributed by atoms with Crippen LogP contribution in [0.2, 0.25) is 0 Å². The van der Waals surface area contributed by atoms with Crippen molar-refractivity contribution in [2.45, 2.75) is 0 Å². The Bertz CT molecular complexity index is 719. The maximum absolute atomic E-state index is 11.0. The number of nitrogens with zero attached hydrogens (tertiary/aromatic N) is 1. The van der Waals surface area contributed by atoms with Crippen LogP contribution in [0.25, 0.3) is 21.9 Å². The van der Waals surface area contributed by atoms with E-state index in [1.807, 2.05) is 24.3 Å². The highest BCUT2D eigenvalue weighted by Gasteiger charge is 2.04. The van der Waals surface area contributed by atoms with Gasteiger partial charge in [-0.3, -0.25) is 9.78 Å². The molecule has 2 heteroatoms. The zero-order valence-corrected chi connectivity index (χ0v) is 9.71. The third-order valence-electron chi connectivity index (χ3n) is 3.04. The molecule has 0 aliphatic carbocycles. The monoisotopic (exact) mass is 233 g/mol. The minimum Gasteiger partial charge on any atom is -0.298 e. The smallest absolute Gasteiger partial charge is 0.152 e. The molecule has 0 saturated heterocycles. The quantitative estimate of drug-likeness (QED) is 0.631. The Kier molecular flexibility index (Phi) is 2.61. The molecule has 0 radical (unpaired) electrons. The number of pyridine rings is 1. The highest BCUT2D eigenvalue weighted by atomic mass is 16.1. The average molecular weight is 233 g/mol. The second-order valence-corrected chi connectivity index (χ2v) is 4.14. The van der Waals surface area contributed by atoms with E-state index in [0.717, 1.165) is 17.4 Å². The summed E-state index contributed by atoms with van der Waals surface area (Å²) >= 11 is 0. The van der Waals surface area contributed by atoms with E-state index in [1.54, 1.807) is 12.4 Å². The van der Waals surface area contributed by atoms with Crippen molar-refractivity contribution in [3.63, 3.8) is 0 Å². The van der Waals surface area contributed by atoms with Gasteiger partial charge in [0, 0.05) is 18.0 Å². The molecule has 0 aliphatic rings. The molecule has 0 saturated carbocycles. The maximum Gasteiger partial charge on any atom is 0.152 e. The summed E-state index contributed by atoms with van der Waals surface area (Å²) in [5, 5.41) is 2.37. The Labute approximate surface area is 105 Å². The Balaban J connectivity index is 2.22. The predicted octanol–water partition coefficient (Wildman–Crippen LogP) is 3.71. The van der Waals surface area contributed by atoms with Crippen LogP contribution in [-0.2, 0) is 0 Å². The maximum atomic E-state index is 11.0. The van der Waals surface area contributed by atoms with E-state index >= 15 is 0 Å². The van der Waals surface area contributed by atoms with Crippen molar-refractivity contribution in [1.29, 1.82) is 0 Å². The molecular weight excluding hydrogens is 222 g/mol. The zero-order chi connectivity index (χ0) is 12.4. The van der Waals surface area contributed by atoms with Gasteiger partial charge >= 0.3 is 0 Å². The van der Waals surface area contributed by atoms with Crippen LogP contribution in [0.1, 0.15) is 10.4 Å². The summed E-state index contributed by atoms with van der Waals surface area (Å²) in [4.78, 5) is 15.0. The number of fused-ring (bicyclic) bond motifs is 1. The minimum absolute atomic E-state index is 0.618. The van der Waals surface area contributed by atoms with Crippen LogP contribution in [-0.4, -0.2) is 11.3 Å². The van der Waals surface area contributed by atoms with Crippen molar-refractivity contribution in [2.75, 3.05) is 0 Å². The molecule has 0 unspecified atom stereocenters. The molecule has 86 valence electrons. The van der Waals surface area contributed by atoms with E-state index in [2.05, 4.69) is 29.2 Å². The molecule has 1 heterocycles. The Morgan fingerprint density at radius 1 is 0.944 bits per heavy atom. The topological polar surface area (TPSA) is 30.0 Å². The van der Waals surface area contributed by atoms with Crippen molar-refractivity contribution in [1.82, 2.24) is 4.98 Å². The molecule has 2 aromatic carbocycles. The number of rotatable bonds is 2. The summed E-state index contributed by atoms with van der Waals surface area (Å²) in [7, 11) is 0. The molecule has 3 rings (SSSR count). The first-order chi connectivity index (χ1) is 8.88. The largest absolute Gasteiger partial charge is 0.298 e. The fourth-order valence-electron chi connectivity index (χ4n) is 2.12. The SMILES string of the molecule is O=Cc1cnccc1-c1ccc2ccccc2c1. The summed E-state index contributed by atoms with van der Waals surface area (Å²) in [5.74, 6) is 0. The average Bonchev–Trinajstić information content (AvgIpc) is 2.46. The molecule has 0 amide bonds. The summed E-state index contributed by atoms with van der Waals surface area (Å²) in [6.07, 6.45) is 4.15. The van der Waals surface area contributed by atoms with Crippen LogP contribution >= 0.6 is 0 Å². The molecule has 0 spiro atoms. The normalized spacial score (nSPS) is 10.4. The van der Waals surface area contributed by atoms with Crippen LogP contribution in [0, 0.1) is 0 Å². The van der Waals surface area contributed by atoms with E-state index in [4.69, 9.17) is 0 Å². The summed E-state index contributed by atoms with van der Waals surface area (Å²) in [6, 6.07) is 16.2. The van der Waals surface area contributed by atoms with Crippen LogP contribution in [0.15, 0.2) is 60.9 Å². The molecule has 18 heavy (non-hydrogen) atoms. The van der Waals surface area contributed by atoms with Crippen LogP contribution in [0.4, 0.5) is 0 Å². The summed E-state index contributed by atoms with van der Waals surface area (Å²) in [6.45, 7) is 0. The first kappa shape index (κ1) is 10.7. The van der Waals surface area contributed by atoms with Gasteiger partial charge in [0.2, 0.25) is 0 Å². The van der Waals surface area contributed by atoms with Gasteiger partial charge < -0.3 is 0 Å². The summed E-state index contributed by atoms with van der Waals surface area (Å²) in [5.41, 5.74) is 2.58. The van der Waals surface area contributed by atoms with E-state index in [0.29, 0.717) is 5.56 Å². The molecule has 1 aromatic heterocycles. The second kappa shape index (κ2) is 4.41. The Morgan fingerprint density at radius 3 is 2.61 bits per heavy atom. The predicted molar refractivity (Wildman–Crippen MR) is 72.6 cm³/mol. The van der Waals surface area contributed by atoms with Gasteiger partial charge in [0.15, 0.2) is 6.29 Å². The lowest BCUT2D eigenvalue weighted by atomic mass is 9.99. The zero-order valence-electron chi connectivity index (χ0n) is 9.71. The number of hydrogen-bond donors (Lipinski definition) is 0. The number of carbonyl (C=O) groups is 1. The molecule has 0 bridgehead atoms. The van der Waals surface area contributed by atoms with E-state index in [1.165, 1.54) is 10.8 Å². The highest BCUT2D eigenvalue weighted by molar-refractivity contribution is 5.92. The van der Waals surface area contributed by atoms with Crippen molar-refractivity contribution in [2.24, 2.45) is 0 Å². The molecule has 0 atom stereocenters. The van der Waals surface area contributed by atoms with E-state index in [9.17, 15) is 4.79 Å². The van der Waals surface area contributed by atoms with Gasteiger partial charge in [-0.15, -0.1) is 0 Å². The lowest BCUT2D eigenvalue weighted by Crippen LogP contribution is -1.88. The van der Waals surface area contributed by atoms with Gasteiger partial charge in [0.05, 0.1) is 0 Å². The van der Waals surface area contributed by atoms with Crippen molar-refractivity contribution < 1.29 is 4.79 Å². The third kappa shape index (κ3) is 1.78. The number of aromatic nitrogens is 1. The fraction of sp³-hybridized carbons (Fsp3) is 0. The van der Waals surface area contributed by atoms with Gasteiger partial charge in [0.1, 0.15) is 0 Å². The van der Waals surface area contributed by atoms with Gasteiger partial charge in [0.25, 0.3) is 0 Å². The highest BCUT2D eigenvalue weighted by Crippen LogP contribution is 2.25. The standard InChI is InChI=1S/C16H11NO/c18-11-15-10-17-8-7-16(15)14-6-5-12-3-1-2-4-13(12)9-14/h1-11H. The van der Waals surface area contributed by atoms with E-state index in [-0.39, 0.29) is 0 Å². The number of carbonyl (C=O) groups excluding carboxylic acids is 1. The van der Waals surface area contributed by atoms with Gasteiger partial charge in [-0.25, -0.2) is 0 Å². The van der Waals surface area contributed by atoms with Crippen molar-refractivity contribution in [3.05, 3.63) is 66.5 Å². The third-order valence-corrected chi connectivity index (χ3v) is 3.04. The first-order valence-electron chi connectivity index (χ1n) is 5.77. The molecule has 3 aromatic rings. The fourth-order valence-corrected chi connectivity index (χ4v) is 2.12. The Hall–Kier alpha value is -2.48. The van der Waals surface area contributed by atoms with Gasteiger partial charge in [-0.05, 0) is 34.0 Å². The second-order valence-electron chi connectivity index (χ2n) is 4.14. The van der Waals surface area contributed by atoms with Crippen molar-refractivity contribution >= 4 is 17.1 Å². The lowest BCUT2D eigenvalue weighted by molar-refractivity contribution is 0.112. The molecule has 0 N–H and O–H groups in total. The van der Waals surface area contributed by atoms with Crippen molar-refractivity contribution in [3.8, 4) is 11.1 Å². The molecule has 2 nitrogen and oxygen atoms in total. The lowest BCUT2D eigenvalue weighted by Gasteiger charge is -2.06. The van der Waals surface area contributed by atoms with Crippen LogP contribution < -0.4 is 0 Å². The molecular formula is C16H11NO. The number of aldehydes is 1. The molecule has 0 aliphatic heterocycles. The van der Waals surface area contributed by atoms with Crippen LogP contribution in [0.5, 0.6) is 0 Å². The van der Waals surface area contributed by atoms with Gasteiger partial charge in [-0.2, -0.15) is 0 Å². The number of benzene rings is 2. The number of hydrogen-bond acceptors (Lipinski definition) is 2. The Morgan fingerprint density at radius 2 is 1.78 bits per heavy atom. The van der Waals surface area contributed by atoms with Gasteiger partial charge in [-0.1, -0.05) is 36.4 Å². The molecule has 0 fully saturated rings. The van der Waals surface area contributed by atoms with Crippen LogP contribution in [0.3, 0.4) is 0 Å². The first-order valence-corrected chi connectivity index (χ1v) is 5.77. The van der Waals surface area contributed by atoms with E-state index < -0.39 is 0 Å². The summed E-state index contributed by atoms with van der Waals surface area (Å²) < 4.78 is 0.